The van der Waals surface area contributed by atoms with E-state index in [4.69, 9.17) is 26.3 Å². The van der Waals surface area contributed by atoms with Gasteiger partial charge in [0.2, 0.25) is 5.43 Å². The molecular formula is C26H29ClN4O4. The number of nitrogens with zero attached hydrogens (tertiary/aromatic N) is 3. The van der Waals surface area contributed by atoms with Crippen molar-refractivity contribution in [3.05, 3.63) is 80.6 Å². The molecule has 0 saturated heterocycles. The Balaban J connectivity index is 1.91. The Hall–Kier alpha value is -3.22. The third-order valence-electron chi connectivity index (χ3n) is 5.46. The molecule has 1 N–H and O–H groups in total. The van der Waals surface area contributed by atoms with E-state index in [9.17, 15) is 9.59 Å². The second-order valence-corrected chi connectivity index (χ2v) is 8.60. The summed E-state index contributed by atoms with van der Waals surface area (Å²) in [5.74, 6) is -0.451. The van der Waals surface area contributed by atoms with Gasteiger partial charge in [-0.3, -0.25) is 14.5 Å². The van der Waals surface area contributed by atoms with Crippen molar-refractivity contribution in [3.8, 4) is 6.07 Å². The summed E-state index contributed by atoms with van der Waals surface area (Å²) in [7, 11) is 3.45. The molecule has 0 radical (unpaired) electrons. The lowest BCUT2D eigenvalue weighted by atomic mass is 10.1. The van der Waals surface area contributed by atoms with Crippen molar-refractivity contribution in [1.82, 2.24) is 14.8 Å². The van der Waals surface area contributed by atoms with Crippen molar-refractivity contribution in [3.63, 3.8) is 0 Å². The van der Waals surface area contributed by atoms with Gasteiger partial charge in [-0.15, -0.1) is 0 Å². The van der Waals surface area contributed by atoms with E-state index in [-0.39, 0.29) is 24.1 Å². The second kappa shape index (κ2) is 13.0. The zero-order valence-electron chi connectivity index (χ0n) is 19.9. The minimum Gasteiger partial charge on any atom is -0.382 e. The van der Waals surface area contributed by atoms with Crippen LogP contribution in [-0.2, 0) is 29.1 Å². The minimum absolute atomic E-state index is 0.0610. The number of halogens is 1. The van der Waals surface area contributed by atoms with E-state index < -0.39 is 5.91 Å². The molecule has 0 aliphatic heterocycles. The topological polar surface area (TPSA) is 96.6 Å². The maximum absolute atomic E-state index is 13.4. The number of hydrogen-bond acceptors (Lipinski definition) is 6. The standard InChI is InChI=1S/C26H29ClN4O4/c1-30(10-9-28)17-20-5-8-24-22(15-20)25(32)23(18-31(24)11-12-35-14-13-34-2)26(33)29-16-19-3-6-21(27)7-4-19/h3-8,15,18H,10-14,16-17H2,1-2H3,(H,29,33). The Kier molecular flexibility index (Phi) is 9.82. The number of rotatable bonds is 12. The second-order valence-electron chi connectivity index (χ2n) is 8.16. The van der Waals surface area contributed by atoms with Crippen molar-refractivity contribution in [2.45, 2.75) is 19.6 Å². The SMILES string of the molecule is COCCOCCn1cc(C(=O)NCc2ccc(Cl)cc2)c(=O)c2cc(CN(C)CC#N)ccc21. The quantitative estimate of drug-likeness (QED) is 0.305. The maximum Gasteiger partial charge on any atom is 0.257 e. The highest BCUT2D eigenvalue weighted by atomic mass is 35.5. The Morgan fingerprint density at radius 3 is 2.60 bits per heavy atom. The van der Waals surface area contributed by atoms with Gasteiger partial charge in [0.25, 0.3) is 5.91 Å². The van der Waals surface area contributed by atoms with E-state index in [2.05, 4.69) is 11.4 Å². The fourth-order valence-corrected chi connectivity index (χ4v) is 3.79. The Morgan fingerprint density at radius 1 is 1.14 bits per heavy atom. The van der Waals surface area contributed by atoms with Crippen LogP contribution in [0.25, 0.3) is 10.9 Å². The smallest absolute Gasteiger partial charge is 0.257 e. The number of carbonyl (C=O) groups excluding carboxylic acids is 1. The van der Waals surface area contributed by atoms with Crippen LogP contribution in [0.15, 0.2) is 53.5 Å². The molecule has 8 nitrogen and oxygen atoms in total. The Labute approximate surface area is 209 Å². The number of nitrogens with one attached hydrogen (secondary N) is 1. The van der Waals surface area contributed by atoms with Crippen LogP contribution < -0.4 is 10.7 Å². The van der Waals surface area contributed by atoms with E-state index in [1.165, 1.54) is 0 Å². The largest absolute Gasteiger partial charge is 0.382 e. The highest BCUT2D eigenvalue weighted by Gasteiger charge is 2.16. The van der Waals surface area contributed by atoms with Crippen LogP contribution in [0.3, 0.4) is 0 Å². The number of benzene rings is 2. The van der Waals surface area contributed by atoms with Gasteiger partial charge in [0.05, 0.1) is 38.0 Å². The van der Waals surface area contributed by atoms with E-state index in [1.807, 2.05) is 40.8 Å². The molecule has 3 aromatic rings. The highest BCUT2D eigenvalue weighted by Crippen LogP contribution is 2.16. The predicted octanol–water partition coefficient (Wildman–Crippen LogP) is 3.20. The van der Waals surface area contributed by atoms with E-state index in [0.717, 1.165) is 11.1 Å². The summed E-state index contributed by atoms with van der Waals surface area (Å²) in [5.41, 5.74) is 2.19. The summed E-state index contributed by atoms with van der Waals surface area (Å²) in [6.07, 6.45) is 1.59. The fourth-order valence-electron chi connectivity index (χ4n) is 3.67. The third kappa shape index (κ3) is 7.38. The van der Waals surface area contributed by atoms with Crippen LogP contribution in [0.4, 0.5) is 0 Å². The maximum atomic E-state index is 13.4. The van der Waals surface area contributed by atoms with Gasteiger partial charge in [0.15, 0.2) is 0 Å². The number of fused-ring (bicyclic) bond motifs is 1. The van der Waals surface area contributed by atoms with Gasteiger partial charge in [-0.2, -0.15) is 5.26 Å². The number of aromatic nitrogens is 1. The third-order valence-corrected chi connectivity index (χ3v) is 5.71. The first-order valence-corrected chi connectivity index (χ1v) is 11.6. The first-order chi connectivity index (χ1) is 16.9. The van der Waals surface area contributed by atoms with Gasteiger partial charge in [-0.25, -0.2) is 0 Å². The summed E-state index contributed by atoms with van der Waals surface area (Å²) < 4.78 is 12.5. The van der Waals surface area contributed by atoms with Crippen molar-refractivity contribution in [2.75, 3.05) is 40.5 Å². The molecule has 1 aromatic heterocycles. The number of carbonyl (C=O) groups is 1. The van der Waals surface area contributed by atoms with Crippen molar-refractivity contribution >= 4 is 28.4 Å². The van der Waals surface area contributed by atoms with Crippen LogP contribution in [0.5, 0.6) is 0 Å². The number of amides is 1. The lowest BCUT2D eigenvalue weighted by Gasteiger charge is -2.16. The van der Waals surface area contributed by atoms with Gasteiger partial charge < -0.3 is 19.4 Å². The normalized spacial score (nSPS) is 11.1. The predicted molar refractivity (Wildman–Crippen MR) is 135 cm³/mol. The average Bonchev–Trinajstić information content (AvgIpc) is 2.85. The van der Waals surface area contributed by atoms with Gasteiger partial charge in [-0.05, 0) is 42.4 Å². The zero-order valence-corrected chi connectivity index (χ0v) is 20.7. The highest BCUT2D eigenvalue weighted by molar-refractivity contribution is 6.30. The minimum atomic E-state index is -0.451. The molecule has 2 aromatic carbocycles. The lowest BCUT2D eigenvalue weighted by Crippen LogP contribution is -2.30. The van der Waals surface area contributed by atoms with Gasteiger partial charge >= 0.3 is 0 Å². The van der Waals surface area contributed by atoms with E-state index >= 15 is 0 Å². The number of ether oxygens (including phenoxy) is 2. The van der Waals surface area contributed by atoms with Gasteiger partial charge in [0.1, 0.15) is 5.56 Å². The molecule has 0 saturated carbocycles. The van der Waals surface area contributed by atoms with Crippen LogP contribution in [0.2, 0.25) is 5.02 Å². The number of methoxy groups -OCH3 is 1. The lowest BCUT2D eigenvalue weighted by molar-refractivity contribution is 0.0669. The van der Waals surface area contributed by atoms with Crippen LogP contribution in [0.1, 0.15) is 21.5 Å². The Bertz CT molecular complexity index is 1250. The molecule has 0 aliphatic rings. The average molecular weight is 497 g/mol. The molecule has 184 valence electrons. The van der Waals surface area contributed by atoms with Gasteiger partial charge in [-0.1, -0.05) is 29.8 Å². The van der Waals surface area contributed by atoms with E-state index in [0.29, 0.717) is 48.8 Å². The molecule has 0 fully saturated rings. The molecule has 1 heterocycles. The molecule has 9 heteroatoms. The van der Waals surface area contributed by atoms with Crippen LogP contribution in [0, 0.1) is 11.3 Å². The summed E-state index contributed by atoms with van der Waals surface area (Å²) in [5, 5.41) is 12.8. The molecular weight excluding hydrogens is 468 g/mol. The molecule has 3 rings (SSSR count). The number of pyridine rings is 1. The molecule has 0 aliphatic carbocycles. The summed E-state index contributed by atoms with van der Waals surface area (Å²) in [6.45, 7) is 2.86. The molecule has 0 bridgehead atoms. The number of nitriles is 1. The summed E-state index contributed by atoms with van der Waals surface area (Å²) in [4.78, 5) is 28.2. The molecule has 0 atom stereocenters. The van der Waals surface area contributed by atoms with Crippen LogP contribution >= 0.6 is 11.6 Å². The first kappa shape index (κ1) is 26.4. The summed E-state index contributed by atoms with van der Waals surface area (Å²) >= 11 is 5.93. The fraction of sp³-hybridized carbons (Fsp3) is 0.346. The van der Waals surface area contributed by atoms with Crippen molar-refractivity contribution < 1.29 is 14.3 Å². The summed E-state index contributed by atoms with van der Waals surface area (Å²) in [6, 6.07) is 14.9. The molecule has 1 amide bonds. The molecule has 0 spiro atoms. The van der Waals surface area contributed by atoms with Crippen LogP contribution in [-0.4, -0.2) is 55.9 Å². The van der Waals surface area contributed by atoms with Crippen molar-refractivity contribution in [1.29, 1.82) is 5.26 Å². The zero-order chi connectivity index (χ0) is 25.2. The molecule has 0 unspecified atom stereocenters. The number of hydrogen-bond donors (Lipinski definition) is 1. The van der Waals surface area contributed by atoms with Crippen molar-refractivity contribution in [2.24, 2.45) is 0 Å². The van der Waals surface area contributed by atoms with Gasteiger partial charge in [0, 0.05) is 43.3 Å². The molecule has 35 heavy (non-hydrogen) atoms. The van der Waals surface area contributed by atoms with E-state index in [1.54, 1.807) is 31.5 Å². The monoisotopic (exact) mass is 496 g/mol. The first-order valence-electron chi connectivity index (χ1n) is 11.2. The Morgan fingerprint density at radius 2 is 1.89 bits per heavy atom.